The lowest BCUT2D eigenvalue weighted by atomic mass is 10.1. The van der Waals surface area contributed by atoms with E-state index in [9.17, 15) is 9.90 Å². The number of nitrogens with zero attached hydrogens (tertiary/aromatic N) is 1. The van der Waals surface area contributed by atoms with Gasteiger partial charge in [0.15, 0.2) is 0 Å². The number of carbonyl (C=O) groups is 1. The number of benzene rings is 2. The smallest absolute Gasteiger partial charge is 0.258 e. The fraction of sp³-hybridized carbons (Fsp3) is 0.0667. The first kappa shape index (κ1) is 12.2. The molecule has 3 N–H and O–H groups in total. The predicted octanol–water partition coefficient (Wildman–Crippen LogP) is 2.83. The van der Waals surface area contributed by atoms with Gasteiger partial charge in [0.2, 0.25) is 5.95 Å². The fourth-order valence-corrected chi connectivity index (χ4v) is 1.94. The van der Waals surface area contributed by atoms with Crippen molar-refractivity contribution in [3.05, 3.63) is 53.6 Å². The molecule has 0 bridgehead atoms. The molecule has 0 aliphatic rings. The largest absolute Gasteiger partial charge is 0.508 e. The molecule has 0 aliphatic carbocycles. The van der Waals surface area contributed by atoms with Crippen LogP contribution in [0.5, 0.6) is 5.75 Å². The van der Waals surface area contributed by atoms with Crippen molar-refractivity contribution >= 4 is 22.9 Å². The summed E-state index contributed by atoms with van der Waals surface area (Å²) in [5.41, 5.74) is 2.75. The van der Waals surface area contributed by atoms with E-state index in [2.05, 4.69) is 15.3 Å². The number of phenols is 1. The highest BCUT2D eigenvalue weighted by Crippen LogP contribution is 2.19. The Labute approximate surface area is 115 Å². The van der Waals surface area contributed by atoms with Gasteiger partial charge in [0.25, 0.3) is 5.91 Å². The number of hydrogen-bond acceptors (Lipinski definition) is 3. The predicted molar refractivity (Wildman–Crippen MR) is 76.9 cm³/mol. The van der Waals surface area contributed by atoms with E-state index in [0.717, 1.165) is 16.6 Å². The number of aromatic nitrogens is 2. The molecule has 0 radical (unpaired) electrons. The number of hydrogen-bond donors (Lipinski definition) is 3. The number of aromatic amines is 1. The van der Waals surface area contributed by atoms with E-state index in [-0.39, 0.29) is 11.7 Å². The van der Waals surface area contributed by atoms with Gasteiger partial charge in [0.05, 0.1) is 11.0 Å². The summed E-state index contributed by atoms with van der Waals surface area (Å²) in [6.07, 6.45) is 0. The average Bonchev–Trinajstić information content (AvgIpc) is 2.83. The number of aromatic hydroxyl groups is 1. The van der Waals surface area contributed by atoms with Crippen LogP contribution in [0.3, 0.4) is 0 Å². The molecule has 1 aromatic heterocycles. The Kier molecular flexibility index (Phi) is 2.87. The second-order valence-electron chi connectivity index (χ2n) is 4.56. The molecule has 1 amide bonds. The van der Waals surface area contributed by atoms with Crippen molar-refractivity contribution < 1.29 is 9.90 Å². The number of imidazole rings is 1. The lowest BCUT2D eigenvalue weighted by molar-refractivity contribution is 0.102. The molecule has 0 spiro atoms. The van der Waals surface area contributed by atoms with E-state index in [0.29, 0.717) is 11.5 Å². The summed E-state index contributed by atoms with van der Waals surface area (Å²) in [5, 5.41) is 12.3. The van der Waals surface area contributed by atoms with Crippen molar-refractivity contribution in [1.82, 2.24) is 9.97 Å². The van der Waals surface area contributed by atoms with E-state index in [1.807, 2.05) is 24.3 Å². The molecule has 0 aliphatic heterocycles. The van der Waals surface area contributed by atoms with E-state index < -0.39 is 0 Å². The molecule has 0 atom stereocenters. The maximum Gasteiger partial charge on any atom is 0.258 e. The number of para-hydroxylation sites is 2. The first-order valence-electron chi connectivity index (χ1n) is 6.19. The lowest BCUT2D eigenvalue weighted by Crippen LogP contribution is -2.12. The van der Waals surface area contributed by atoms with Crippen LogP contribution in [0, 0.1) is 6.92 Å². The van der Waals surface area contributed by atoms with Crippen LogP contribution >= 0.6 is 0 Å². The number of anilines is 1. The Bertz CT molecular complexity index is 760. The summed E-state index contributed by atoms with van der Waals surface area (Å²) in [5.74, 6) is 0.165. The van der Waals surface area contributed by atoms with Crippen molar-refractivity contribution in [2.45, 2.75) is 6.92 Å². The molecule has 3 aromatic rings. The summed E-state index contributed by atoms with van der Waals surface area (Å²) in [6.45, 7) is 1.77. The number of nitrogens with one attached hydrogen (secondary N) is 2. The van der Waals surface area contributed by atoms with Crippen LogP contribution in [-0.4, -0.2) is 21.0 Å². The summed E-state index contributed by atoms with van der Waals surface area (Å²) in [6, 6.07) is 12.3. The first-order valence-corrected chi connectivity index (χ1v) is 6.19. The molecule has 5 heteroatoms. The van der Waals surface area contributed by atoms with Crippen LogP contribution in [0.15, 0.2) is 42.5 Å². The van der Waals surface area contributed by atoms with Gasteiger partial charge in [-0.3, -0.25) is 10.1 Å². The number of rotatable bonds is 2. The summed E-state index contributed by atoms with van der Waals surface area (Å²) < 4.78 is 0. The molecule has 0 fully saturated rings. The molecular weight excluding hydrogens is 254 g/mol. The van der Waals surface area contributed by atoms with Crippen molar-refractivity contribution in [2.24, 2.45) is 0 Å². The van der Waals surface area contributed by atoms with Crippen molar-refractivity contribution in [3.8, 4) is 5.75 Å². The van der Waals surface area contributed by atoms with Crippen LogP contribution in [0.1, 0.15) is 15.9 Å². The standard InChI is InChI=1S/C15H13N3O2/c1-9-6-7-10(8-13(9)19)14(20)18-15-16-11-4-2-3-5-12(11)17-15/h2-8,19H,1H3,(H2,16,17,18,20). The number of aryl methyl sites for hydroxylation is 1. The van der Waals surface area contributed by atoms with Gasteiger partial charge in [0, 0.05) is 5.56 Å². The van der Waals surface area contributed by atoms with Crippen LogP contribution < -0.4 is 5.32 Å². The third-order valence-electron chi connectivity index (χ3n) is 3.09. The Balaban J connectivity index is 1.86. The van der Waals surface area contributed by atoms with E-state index in [1.165, 1.54) is 6.07 Å². The quantitative estimate of drug-likeness (QED) is 0.668. The number of fused-ring (bicyclic) bond motifs is 1. The zero-order valence-corrected chi connectivity index (χ0v) is 10.8. The highest BCUT2D eigenvalue weighted by atomic mass is 16.3. The normalized spacial score (nSPS) is 10.7. The molecule has 0 saturated heterocycles. The minimum Gasteiger partial charge on any atom is -0.508 e. The second-order valence-corrected chi connectivity index (χ2v) is 4.56. The highest BCUT2D eigenvalue weighted by Gasteiger charge is 2.10. The molecule has 100 valence electrons. The van der Waals surface area contributed by atoms with Gasteiger partial charge in [-0.25, -0.2) is 4.98 Å². The molecule has 3 rings (SSSR count). The lowest BCUT2D eigenvalue weighted by Gasteiger charge is -2.04. The van der Waals surface area contributed by atoms with Crippen molar-refractivity contribution in [1.29, 1.82) is 0 Å². The molecular formula is C15H13N3O2. The third-order valence-corrected chi connectivity index (χ3v) is 3.09. The van der Waals surface area contributed by atoms with Crippen LogP contribution in [-0.2, 0) is 0 Å². The molecule has 5 nitrogen and oxygen atoms in total. The van der Waals surface area contributed by atoms with Crippen LogP contribution in [0.4, 0.5) is 5.95 Å². The number of phenolic OH excluding ortho intramolecular Hbond substituents is 1. The van der Waals surface area contributed by atoms with Crippen LogP contribution in [0.25, 0.3) is 11.0 Å². The summed E-state index contributed by atoms with van der Waals surface area (Å²) >= 11 is 0. The Morgan fingerprint density at radius 1 is 1.25 bits per heavy atom. The molecule has 0 unspecified atom stereocenters. The Morgan fingerprint density at radius 3 is 2.80 bits per heavy atom. The number of amides is 1. The van der Waals surface area contributed by atoms with Gasteiger partial charge < -0.3 is 10.1 Å². The van der Waals surface area contributed by atoms with Gasteiger partial charge in [-0.2, -0.15) is 0 Å². The summed E-state index contributed by atoms with van der Waals surface area (Å²) in [7, 11) is 0. The minimum absolute atomic E-state index is 0.0993. The zero-order valence-electron chi connectivity index (χ0n) is 10.8. The Hall–Kier alpha value is -2.82. The maximum atomic E-state index is 12.1. The minimum atomic E-state index is -0.320. The summed E-state index contributed by atoms with van der Waals surface area (Å²) in [4.78, 5) is 19.4. The molecule has 20 heavy (non-hydrogen) atoms. The van der Waals surface area contributed by atoms with Gasteiger partial charge in [0.1, 0.15) is 5.75 Å². The highest BCUT2D eigenvalue weighted by molar-refractivity contribution is 6.04. The van der Waals surface area contributed by atoms with Gasteiger partial charge in [-0.05, 0) is 36.8 Å². The molecule has 1 heterocycles. The van der Waals surface area contributed by atoms with Gasteiger partial charge in [-0.15, -0.1) is 0 Å². The first-order chi connectivity index (χ1) is 9.63. The second kappa shape index (κ2) is 4.70. The van der Waals surface area contributed by atoms with Crippen molar-refractivity contribution in [3.63, 3.8) is 0 Å². The number of H-pyrrole nitrogens is 1. The van der Waals surface area contributed by atoms with Gasteiger partial charge in [-0.1, -0.05) is 18.2 Å². The maximum absolute atomic E-state index is 12.1. The Morgan fingerprint density at radius 2 is 2.05 bits per heavy atom. The topological polar surface area (TPSA) is 78.0 Å². The van der Waals surface area contributed by atoms with Crippen LogP contribution in [0.2, 0.25) is 0 Å². The fourth-order valence-electron chi connectivity index (χ4n) is 1.94. The van der Waals surface area contributed by atoms with E-state index in [4.69, 9.17) is 0 Å². The van der Waals surface area contributed by atoms with E-state index in [1.54, 1.807) is 19.1 Å². The monoisotopic (exact) mass is 267 g/mol. The average molecular weight is 267 g/mol. The van der Waals surface area contributed by atoms with E-state index >= 15 is 0 Å². The van der Waals surface area contributed by atoms with Gasteiger partial charge >= 0.3 is 0 Å². The third kappa shape index (κ3) is 2.21. The van der Waals surface area contributed by atoms with Crippen molar-refractivity contribution in [2.75, 3.05) is 5.32 Å². The number of carbonyl (C=O) groups excluding carboxylic acids is 1. The zero-order chi connectivity index (χ0) is 14.1. The molecule has 0 saturated carbocycles. The SMILES string of the molecule is Cc1ccc(C(=O)Nc2nc3ccccc3[nH]2)cc1O. The molecule has 2 aromatic carbocycles.